The fourth-order valence-corrected chi connectivity index (χ4v) is 3.51. The Kier molecular flexibility index (Phi) is 7.40. The third kappa shape index (κ3) is 6.15. The van der Waals surface area contributed by atoms with E-state index in [-0.39, 0.29) is 12.5 Å². The summed E-state index contributed by atoms with van der Waals surface area (Å²) in [6, 6.07) is 0. The van der Waals surface area contributed by atoms with E-state index < -0.39 is 0 Å². The van der Waals surface area contributed by atoms with Crippen molar-refractivity contribution in [2.75, 3.05) is 13.2 Å². The van der Waals surface area contributed by atoms with E-state index in [0.29, 0.717) is 28.8 Å². The average molecular weight is 316 g/mol. The van der Waals surface area contributed by atoms with Crippen LogP contribution in [0.15, 0.2) is 0 Å². The van der Waals surface area contributed by atoms with Crippen LogP contribution in [0.1, 0.15) is 37.3 Å². The maximum absolute atomic E-state index is 12.0. The third-order valence-corrected chi connectivity index (χ3v) is 4.51. The molecule has 20 heavy (non-hydrogen) atoms. The van der Waals surface area contributed by atoms with Gasteiger partial charge in [-0.2, -0.15) is 0 Å². The SMILES string of the molecule is Cc1[nH]c(=S)sc1CC(=O)NCC(CCO)CC(C)C. The van der Waals surface area contributed by atoms with E-state index in [4.69, 9.17) is 17.3 Å². The second-order valence-electron chi connectivity index (χ2n) is 5.55. The maximum atomic E-state index is 12.0. The first kappa shape index (κ1) is 17.3. The number of aliphatic hydroxyl groups is 1. The van der Waals surface area contributed by atoms with Crippen molar-refractivity contribution in [3.8, 4) is 0 Å². The quantitative estimate of drug-likeness (QED) is 0.646. The largest absolute Gasteiger partial charge is 0.396 e. The number of thiazole rings is 1. The molecule has 0 aromatic carbocycles. The van der Waals surface area contributed by atoms with Gasteiger partial charge in [0.25, 0.3) is 0 Å². The van der Waals surface area contributed by atoms with Crippen LogP contribution in [0.3, 0.4) is 0 Å². The number of aromatic nitrogens is 1. The second-order valence-corrected chi connectivity index (χ2v) is 7.32. The van der Waals surface area contributed by atoms with Gasteiger partial charge < -0.3 is 15.4 Å². The Labute approximate surface area is 129 Å². The third-order valence-electron chi connectivity index (χ3n) is 3.17. The molecule has 4 nitrogen and oxygen atoms in total. The zero-order valence-electron chi connectivity index (χ0n) is 12.4. The zero-order chi connectivity index (χ0) is 15.1. The molecule has 114 valence electrons. The predicted molar refractivity (Wildman–Crippen MR) is 85.6 cm³/mol. The molecule has 6 heteroatoms. The minimum Gasteiger partial charge on any atom is -0.396 e. The molecular weight excluding hydrogens is 292 g/mol. The van der Waals surface area contributed by atoms with Crippen molar-refractivity contribution in [3.63, 3.8) is 0 Å². The van der Waals surface area contributed by atoms with Gasteiger partial charge in [-0.25, -0.2) is 0 Å². The van der Waals surface area contributed by atoms with E-state index in [1.54, 1.807) is 0 Å². The summed E-state index contributed by atoms with van der Waals surface area (Å²) in [5.41, 5.74) is 0.976. The minimum atomic E-state index is 0.0186. The molecule has 0 saturated heterocycles. The van der Waals surface area contributed by atoms with E-state index in [2.05, 4.69) is 24.1 Å². The average Bonchev–Trinajstić information content (AvgIpc) is 2.64. The highest BCUT2D eigenvalue weighted by atomic mass is 32.1. The molecule has 1 rings (SSSR count). The number of amides is 1. The lowest BCUT2D eigenvalue weighted by Gasteiger charge is -2.18. The van der Waals surface area contributed by atoms with Crippen molar-refractivity contribution < 1.29 is 9.90 Å². The second kappa shape index (κ2) is 8.54. The summed E-state index contributed by atoms with van der Waals surface area (Å²) in [6.45, 7) is 7.05. The summed E-state index contributed by atoms with van der Waals surface area (Å²) in [5.74, 6) is 0.930. The Hall–Kier alpha value is -0.720. The number of aryl methyl sites for hydroxylation is 1. The molecule has 0 spiro atoms. The molecular formula is C14H24N2O2S2. The summed E-state index contributed by atoms with van der Waals surface area (Å²) in [6.07, 6.45) is 2.13. The lowest BCUT2D eigenvalue weighted by molar-refractivity contribution is -0.120. The molecule has 0 fully saturated rings. The van der Waals surface area contributed by atoms with Crippen LogP contribution < -0.4 is 5.32 Å². The minimum absolute atomic E-state index is 0.0186. The summed E-state index contributed by atoms with van der Waals surface area (Å²) < 4.78 is 0.711. The first-order valence-electron chi connectivity index (χ1n) is 6.98. The van der Waals surface area contributed by atoms with E-state index in [9.17, 15) is 4.79 Å². The van der Waals surface area contributed by atoms with Crippen LogP contribution in [0.5, 0.6) is 0 Å². The normalized spacial score (nSPS) is 12.7. The highest BCUT2D eigenvalue weighted by molar-refractivity contribution is 7.73. The molecule has 1 heterocycles. The van der Waals surface area contributed by atoms with Crippen LogP contribution in [0.2, 0.25) is 0 Å². The molecule has 0 aliphatic carbocycles. The van der Waals surface area contributed by atoms with Gasteiger partial charge in [0.2, 0.25) is 5.91 Å². The van der Waals surface area contributed by atoms with Crippen molar-refractivity contribution in [3.05, 3.63) is 14.5 Å². The number of nitrogens with one attached hydrogen (secondary N) is 2. The van der Waals surface area contributed by atoms with Crippen molar-refractivity contribution in [2.24, 2.45) is 11.8 Å². The molecule has 1 atom stereocenters. The van der Waals surface area contributed by atoms with Gasteiger partial charge in [0, 0.05) is 23.7 Å². The molecule has 1 unspecified atom stereocenters. The van der Waals surface area contributed by atoms with Crippen molar-refractivity contribution in [2.45, 2.75) is 40.0 Å². The number of rotatable bonds is 8. The Morgan fingerprint density at radius 3 is 2.70 bits per heavy atom. The van der Waals surface area contributed by atoms with Crippen molar-refractivity contribution in [1.82, 2.24) is 10.3 Å². The van der Waals surface area contributed by atoms with E-state index in [1.165, 1.54) is 11.3 Å². The van der Waals surface area contributed by atoms with E-state index in [0.717, 1.165) is 23.4 Å². The van der Waals surface area contributed by atoms with E-state index >= 15 is 0 Å². The standard InChI is InChI=1S/C14H24N2O2S2/c1-9(2)6-11(4-5-17)8-15-13(18)7-12-10(3)16-14(19)20-12/h9,11,17H,4-8H2,1-3H3,(H,15,18)(H,16,19). The van der Waals surface area contributed by atoms with Gasteiger partial charge in [-0.05, 0) is 43.8 Å². The van der Waals surface area contributed by atoms with Gasteiger partial charge >= 0.3 is 0 Å². The number of aliphatic hydroxyl groups excluding tert-OH is 1. The fraction of sp³-hybridized carbons (Fsp3) is 0.714. The van der Waals surface area contributed by atoms with Crippen LogP contribution in [-0.2, 0) is 11.2 Å². The molecule has 1 aromatic heterocycles. The fourth-order valence-electron chi connectivity index (χ4n) is 2.22. The van der Waals surface area contributed by atoms with Crippen LogP contribution in [-0.4, -0.2) is 29.1 Å². The van der Waals surface area contributed by atoms with Crippen LogP contribution in [0.4, 0.5) is 0 Å². The summed E-state index contributed by atoms with van der Waals surface area (Å²) in [4.78, 5) is 16.0. The number of aromatic amines is 1. The number of H-pyrrole nitrogens is 1. The maximum Gasteiger partial charge on any atom is 0.225 e. The van der Waals surface area contributed by atoms with Crippen molar-refractivity contribution in [1.29, 1.82) is 0 Å². The predicted octanol–water partition coefficient (Wildman–Crippen LogP) is 2.82. The lowest BCUT2D eigenvalue weighted by Crippen LogP contribution is -2.31. The Morgan fingerprint density at radius 2 is 2.20 bits per heavy atom. The van der Waals surface area contributed by atoms with E-state index in [1.807, 2.05) is 6.92 Å². The summed E-state index contributed by atoms with van der Waals surface area (Å²) in [5, 5.41) is 12.0. The molecule has 1 aromatic rings. The molecule has 3 N–H and O–H groups in total. The Balaban J connectivity index is 2.45. The van der Waals surface area contributed by atoms with Crippen LogP contribution in [0.25, 0.3) is 0 Å². The molecule has 0 radical (unpaired) electrons. The van der Waals surface area contributed by atoms with Gasteiger partial charge in [0.15, 0.2) is 3.95 Å². The molecule has 0 saturated carbocycles. The summed E-state index contributed by atoms with van der Waals surface area (Å²) in [7, 11) is 0. The Bertz CT molecular complexity index is 480. The molecule has 1 amide bonds. The van der Waals surface area contributed by atoms with Gasteiger partial charge in [-0.3, -0.25) is 4.79 Å². The van der Waals surface area contributed by atoms with Gasteiger partial charge in [0.05, 0.1) is 6.42 Å². The number of hydrogen-bond donors (Lipinski definition) is 3. The highest BCUT2D eigenvalue weighted by Crippen LogP contribution is 2.16. The van der Waals surface area contributed by atoms with Crippen LogP contribution in [0, 0.1) is 22.7 Å². The topological polar surface area (TPSA) is 65.1 Å². The smallest absolute Gasteiger partial charge is 0.225 e. The van der Waals surface area contributed by atoms with Gasteiger partial charge in [-0.1, -0.05) is 13.8 Å². The zero-order valence-corrected chi connectivity index (χ0v) is 14.0. The number of hydrogen-bond acceptors (Lipinski definition) is 4. The number of carbonyl (C=O) groups excluding carboxylic acids is 1. The monoisotopic (exact) mass is 316 g/mol. The summed E-state index contributed by atoms with van der Waals surface area (Å²) >= 11 is 6.52. The number of carbonyl (C=O) groups is 1. The Morgan fingerprint density at radius 1 is 1.50 bits per heavy atom. The molecule has 0 aliphatic heterocycles. The van der Waals surface area contributed by atoms with Crippen molar-refractivity contribution >= 4 is 29.5 Å². The van der Waals surface area contributed by atoms with Gasteiger partial charge in [0.1, 0.15) is 0 Å². The molecule has 0 aliphatic rings. The molecule has 0 bridgehead atoms. The first-order chi connectivity index (χ1) is 9.42. The highest BCUT2D eigenvalue weighted by Gasteiger charge is 2.13. The lowest BCUT2D eigenvalue weighted by atomic mass is 9.94. The van der Waals surface area contributed by atoms with Gasteiger partial charge in [-0.15, -0.1) is 11.3 Å². The first-order valence-corrected chi connectivity index (χ1v) is 8.21. The van der Waals surface area contributed by atoms with Crippen LogP contribution >= 0.6 is 23.6 Å².